The molecular formula is C24H19ClFNO2S. The van der Waals surface area contributed by atoms with Crippen molar-refractivity contribution in [3.8, 4) is 0 Å². The van der Waals surface area contributed by atoms with Gasteiger partial charge in [0.25, 0.3) is 0 Å². The molecule has 3 nitrogen and oxygen atoms in total. The predicted molar refractivity (Wildman–Crippen MR) is 119 cm³/mol. The number of hydrogen-bond donors (Lipinski definition) is 0. The molecule has 1 amide bonds. The minimum atomic E-state index is -0.454. The van der Waals surface area contributed by atoms with E-state index in [1.807, 2.05) is 36.4 Å². The molecule has 0 bridgehead atoms. The number of carbonyl (C=O) groups is 2. The second-order valence-corrected chi connectivity index (χ2v) is 8.48. The molecule has 0 fully saturated rings. The fourth-order valence-corrected chi connectivity index (χ4v) is 4.58. The molecule has 1 heterocycles. The number of amides is 1. The molecule has 152 valence electrons. The fraction of sp³-hybridized carbons (Fsp3) is 0.167. The van der Waals surface area contributed by atoms with E-state index < -0.39 is 5.82 Å². The van der Waals surface area contributed by atoms with E-state index in [2.05, 4.69) is 0 Å². The number of hydrogen-bond acceptors (Lipinski definition) is 3. The summed E-state index contributed by atoms with van der Waals surface area (Å²) < 4.78 is 14.3. The van der Waals surface area contributed by atoms with Crippen LogP contribution >= 0.6 is 23.4 Å². The van der Waals surface area contributed by atoms with E-state index >= 15 is 0 Å². The van der Waals surface area contributed by atoms with E-state index in [4.69, 9.17) is 11.6 Å². The molecule has 3 aromatic rings. The van der Waals surface area contributed by atoms with Crippen LogP contribution in [0.3, 0.4) is 0 Å². The fourth-order valence-electron chi connectivity index (χ4n) is 3.44. The van der Waals surface area contributed by atoms with Crippen molar-refractivity contribution in [3.63, 3.8) is 0 Å². The molecular weight excluding hydrogens is 421 g/mol. The first kappa shape index (κ1) is 20.6. The molecule has 4 rings (SSSR count). The van der Waals surface area contributed by atoms with Crippen LogP contribution in [0.5, 0.6) is 0 Å². The summed E-state index contributed by atoms with van der Waals surface area (Å²) in [5.41, 5.74) is 2.54. The molecule has 0 radical (unpaired) electrons. The number of halogens is 2. The highest BCUT2D eigenvalue weighted by molar-refractivity contribution is 8.00. The van der Waals surface area contributed by atoms with E-state index in [0.29, 0.717) is 24.1 Å². The van der Waals surface area contributed by atoms with Gasteiger partial charge in [-0.3, -0.25) is 9.59 Å². The minimum Gasteiger partial charge on any atom is -0.306 e. The van der Waals surface area contributed by atoms with Gasteiger partial charge < -0.3 is 4.90 Å². The van der Waals surface area contributed by atoms with Crippen molar-refractivity contribution in [2.75, 3.05) is 10.7 Å². The number of ketones is 1. The molecule has 0 spiro atoms. The van der Waals surface area contributed by atoms with E-state index in [-0.39, 0.29) is 34.6 Å². The average Bonchev–Trinajstić information content (AvgIpc) is 2.76. The molecule has 1 aliphatic heterocycles. The van der Waals surface area contributed by atoms with Crippen LogP contribution in [-0.2, 0) is 17.8 Å². The molecule has 0 saturated heterocycles. The monoisotopic (exact) mass is 439 g/mol. The van der Waals surface area contributed by atoms with E-state index in [1.54, 1.807) is 18.2 Å². The normalized spacial score (nSPS) is 13.3. The summed E-state index contributed by atoms with van der Waals surface area (Å²) in [4.78, 5) is 27.8. The quantitative estimate of drug-likeness (QED) is 0.446. The first-order valence-electron chi connectivity index (χ1n) is 9.60. The number of rotatable bonds is 6. The lowest BCUT2D eigenvalue weighted by atomic mass is 10.0. The molecule has 0 N–H and O–H groups in total. The molecule has 3 aromatic carbocycles. The van der Waals surface area contributed by atoms with Gasteiger partial charge in [0, 0.05) is 27.5 Å². The number of aryl methyl sites for hydroxylation is 1. The third-order valence-electron chi connectivity index (χ3n) is 5.09. The maximum absolute atomic E-state index is 14.3. The summed E-state index contributed by atoms with van der Waals surface area (Å²) in [6.45, 7) is 0.0273. The third kappa shape index (κ3) is 4.42. The lowest BCUT2D eigenvalue weighted by Crippen LogP contribution is -2.35. The smallest absolute Gasteiger partial charge is 0.237 e. The molecule has 0 saturated carbocycles. The van der Waals surface area contributed by atoms with Gasteiger partial charge in [-0.1, -0.05) is 54.1 Å². The van der Waals surface area contributed by atoms with Gasteiger partial charge in [-0.25, -0.2) is 4.39 Å². The largest absolute Gasteiger partial charge is 0.306 e. The van der Waals surface area contributed by atoms with Crippen molar-refractivity contribution >= 4 is 40.7 Å². The zero-order valence-corrected chi connectivity index (χ0v) is 17.7. The van der Waals surface area contributed by atoms with Gasteiger partial charge in [-0.2, -0.15) is 0 Å². The van der Waals surface area contributed by atoms with Crippen LogP contribution in [-0.4, -0.2) is 17.4 Å². The molecule has 30 heavy (non-hydrogen) atoms. The lowest BCUT2D eigenvalue weighted by molar-refractivity contribution is -0.116. The second-order valence-electron chi connectivity index (χ2n) is 7.06. The topological polar surface area (TPSA) is 37.4 Å². The van der Waals surface area contributed by atoms with Crippen LogP contribution in [0.1, 0.15) is 27.9 Å². The Labute approximate surface area is 183 Å². The number of thioether (sulfide) groups is 1. The average molecular weight is 440 g/mol. The van der Waals surface area contributed by atoms with Gasteiger partial charge in [-0.05, 0) is 36.2 Å². The second kappa shape index (κ2) is 9.02. The highest BCUT2D eigenvalue weighted by atomic mass is 35.5. The number of carbonyl (C=O) groups excluding carboxylic acids is 2. The number of fused-ring (bicyclic) bond motifs is 1. The highest BCUT2D eigenvalue weighted by Crippen LogP contribution is 2.38. The summed E-state index contributed by atoms with van der Waals surface area (Å²) in [5.74, 6) is -0.320. The first-order chi connectivity index (χ1) is 14.5. The Morgan fingerprint density at radius 2 is 1.87 bits per heavy atom. The van der Waals surface area contributed by atoms with E-state index in [1.165, 1.54) is 28.8 Å². The summed E-state index contributed by atoms with van der Waals surface area (Å²) in [6, 6.07) is 19.7. The Hall–Kier alpha value is -2.63. The molecule has 6 heteroatoms. The van der Waals surface area contributed by atoms with Gasteiger partial charge in [-0.15, -0.1) is 11.8 Å². The van der Waals surface area contributed by atoms with Gasteiger partial charge in [0.1, 0.15) is 5.82 Å². The zero-order chi connectivity index (χ0) is 21.1. The highest BCUT2D eigenvalue weighted by Gasteiger charge is 2.27. The minimum absolute atomic E-state index is 0.00792. The SMILES string of the molecule is O=C(CCc1ccccc1)c1ccc2c(c1)N(Cc1c(F)cccc1Cl)C(=O)CS2. The number of anilines is 1. The number of Topliss-reactive ketones (excluding diaryl/α,β-unsaturated/α-hetero) is 1. The Kier molecular flexibility index (Phi) is 6.21. The summed E-state index contributed by atoms with van der Waals surface area (Å²) >= 11 is 7.59. The van der Waals surface area contributed by atoms with Crippen molar-refractivity contribution in [2.24, 2.45) is 0 Å². The molecule has 0 unspecified atom stereocenters. The van der Waals surface area contributed by atoms with Gasteiger partial charge in [0.05, 0.1) is 18.0 Å². The molecule has 1 aliphatic rings. The van der Waals surface area contributed by atoms with Crippen LogP contribution in [0.15, 0.2) is 71.6 Å². The van der Waals surface area contributed by atoms with Crippen molar-refractivity contribution in [2.45, 2.75) is 24.3 Å². The van der Waals surface area contributed by atoms with Crippen molar-refractivity contribution in [1.82, 2.24) is 0 Å². The van der Waals surface area contributed by atoms with E-state index in [9.17, 15) is 14.0 Å². The maximum atomic E-state index is 14.3. The predicted octanol–water partition coefficient (Wildman–Crippen LogP) is 5.93. The maximum Gasteiger partial charge on any atom is 0.237 e. The molecule has 0 aromatic heterocycles. The van der Waals surface area contributed by atoms with Crippen LogP contribution in [0, 0.1) is 5.82 Å². The van der Waals surface area contributed by atoms with Crippen LogP contribution in [0.4, 0.5) is 10.1 Å². The van der Waals surface area contributed by atoms with Gasteiger partial charge in [0.15, 0.2) is 5.78 Å². The third-order valence-corrected chi connectivity index (χ3v) is 6.49. The van der Waals surface area contributed by atoms with Crippen molar-refractivity contribution in [1.29, 1.82) is 0 Å². The molecule has 0 atom stereocenters. The zero-order valence-electron chi connectivity index (χ0n) is 16.1. The van der Waals surface area contributed by atoms with Gasteiger partial charge in [0.2, 0.25) is 5.91 Å². The Balaban J connectivity index is 1.59. The first-order valence-corrected chi connectivity index (χ1v) is 11.0. The van der Waals surface area contributed by atoms with Gasteiger partial charge >= 0.3 is 0 Å². The summed E-state index contributed by atoms with van der Waals surface area (Å²) in [7, 11) is 0. The summed E-state index contributed by atoms with van der Waals surface area (Å²) in [5, 5.41) is 0.276. The number of nitrogens with zero attached hydrogens (tertiary/aromatic N) is 1. The Bertz CT molecular complexity index is 1080. The molecule has 0 aliphatic carbocycles. The number of benzene rings is 3. The lowest BCUT2D eigenvalue weighted by Gasteiger charge is -2.30. The van der Waals surface area contributed by atoms with Crippen LogP contribution < -0.4 is 4.90 Å². The van der Waals surface area contributed by atoms with Crippen LogP contribution in [0.2, 0.25) is 5.02 Å². The van der Waals surface area contributed by atoms with Crippen molar-refractivity contribution in [3.05, 3.63) is 94.3 Å². The van der Waals surface area contributed by atoms with Crippen LogP contribution in [0.25, 0.3) is 0 Å². The van der Waals surface area contributed by atoms with E-state index in [0.717, 1.165) is 10.5 Å². The summed E-state index contributed by atoms with van der Waals surface area (Å²) in [6.07, 6.45) is 1.03. The Morgan fingerprint density at radius 3 is 2.63 bits per heavy atom. The van der Waals surface area contributed by atoms with Crippen molar-refractivity contribution < 1.29 is 14.0 Å². The Morgan fingerprint density at radius 1 is 1.07 bits per heavy atom. The standard InChI is InChI=1S/C24H19ClFNO2S/c25-19-7-4-8-20(26)18(19)14-27-21-13-17(10-12-23(21)30-15-24(27)29)22(28)11-9-16-5-2-1-3-6-16/h1-8,10,12-13H,9,11,14-15H2.